The van der Waals surface area contributed by atoms with Gasteiger partial charge in [-0.05, 0) is 33.3 Å². The third-order valence-corrected chi connectivity index (χ3v) is 1.64. The Morgan fingerprint density at radius 1 is 1.08 bits per heavy atom. The number of aliphatic imine (C=N–C) groups is 1. The quantitative estimate of drug-likeness (QED) is 0.537. The minimum absolute atomic E-state index is 0.0294. The fraction of sp³-hybridized carbons (Fsp3) is 0.583. The molecule has 0 saturated heterocycles. The first-order valence-electron chi connectivity index (χ1n) is 4.93. The summed E-state index contributed by atoms with van der Waals surface area (Å²) in [6.45, 7) is 12.4. The monoisotopic (exact) mass is 179 g/mol. The number of rotatable bonds is 0. The van der Waals surface area contributed by atoms with Crippen molar-refractivity contribution in [2.45, 2.75) is 47.1 Å². The zero-order chi connectivity index (χ0) is 10.5. The van der Waals surface area contributed by atoms with Gasteiger partial charge in [-0.1, -0.05) is 31.6 Å². The van der Waals surface area contributed by atoms with E-state index in [0.717, 1.165) is 0 Å². The Balaban J connectivity index is 0.000000671. The van der Waals surface area contributed by atoms with Crippen LogP contribution in [-0.4, -0.2) is 11.8 Å². The molecule has 0 unspecified atom stereocenters. The van der Waals surface area contributed by atoms with Crippen molar-refractivity contribution < 1.29 is 0 Å². The molecule has 1 aliphatic heterocycles. The second-order valence-electron chi connectivity index (χ2n) is 3.69. The van der Waals surface area contributed by atoms with Gasteiger partial charge in [-0.15, -0.1) is 0 Å². The smallest absolute Gasteiger partial charge is 0.0737 e. The number of hydrogen-bond donors (Lipinski definition) is 0. The van der Waals surface area contributed by atoms with Gasteiger partial charge >= 0.3 is 0 Å². The fourth-order valence-corrected chi connectivity index (χ4v) is 1.30. The van der Waals surface area contributed by atoms with Crippen LogP contribution in [0.15, 0.2) is 28.3 Å². The normalized spacial score (nSPS) is 19.2. The molecule has 1 heteroatoms. The second-order valence-corrected chi connectivity index (χ2v) is 3.69. The predicted molar refractivity (Wildman–Crippen MR) is 61.4 cm³/mol. The van der Waals surface area contributed by atoms with E-state index in [0.29, 0.717) is 0 Å². The van der Waals surface area contributed by atoms with Crippen LogP contribution in [0.25, 0.3) is 0 Å². The second kappa shape index (κ2) is 5.00. The topological polar surface area (TPSA) is 12.4 Å². The van der Waals surface area contributed by atoms with Crippen LogP contribution < -0.4 is 0 Å². The summed E-state index contributed by atoms with van der Waals surface area (Å²) in [5.41, 5.74) is 2.49. The summed E-state index contributed by atoms with van der Waals surface area (Å²) in [4.78, 5) is 4.42. The molecule has 0 fully saturated rings. The van der Waals surface area contributed by atoms with Crippen LogP contribution >= 0.6 is 0 Å². The Hall–Kier alpha value is -0.850. The maximum absolute atomic E-state index is 4.42. The van der Waals surface area contributed by atoms with Crippen molar-refractivity contribution >= 4 is 6.21 Å². The molecule has 0 N–H and O–H groups in total. The summed E-state index contributed by atoms with van der Waals surface area (Å²) >= 11 is 0. The highest BCUT2D eigenvalue weighted by Crippen LogP contribution is 2.17. The summed E-state index contributed by atoms with van der Waals surface area (Å²) in [6.07, 6.45) is 6.27. The Morgan fingerprint density at radius 3 is 2.15 bits per heavy atom. The lowest BCUT2D eigenvalue weighted by Crippen LogP contribution is -2.12. The van der Waals surface area contributed by atoms with Crippen LogP contribution in [0.1, 0.15) is 41.5 Å². The molecule has 0 aromatic rings. The third kappa shape index (κ3) is 4.66. The molecule has 1 aliphatic rings. The van der Waals surface area contributed by atoms with Gasteiger partial charge in [0.05, 0.1) is 5.54 Å². The lowest BCUT2D eigenvalue weighted by atomic mass is 10.0. The molecule has 1 nitrogen and oxygen atoms in total. The summed E-state index contributed by atoms with van der Waals surface area (Å²) in [7, 11) is 0. The lowest BCUT2D eigenvalue weighted by molar-refractivity contribution is 0.659. The van der Waals surface area contributed by atoms with Gasteiger partial charge in [-0.3, -0.25) is 4.99 Å². The molecule has 0 aromatic heterocycles. The number of hydrogen-bond acceptors (Lipinski definition) is 1. The highest BCUT2D eigenvalue weighted by Gasteiger charge is 2.12. The first kappa shape index (κ1) is 12.2. The van der Waals surface area contributed by atoms with E-state index < -0.39 is 0 Å². The molecule has 1 rings (SSSR count). The van der Waals surface area contributed by atoms with E-state index in [4.69, 9.17) is 0 Å². The van der Waals surface area contributed by atoms with Gasteiger partial charge in [0, 0.05) is 6.21 Å². The maximum atomic E-state index is 4.42. The minimum Gasteiger partial charge on any atom is -0.283 e. The average Bonchev–Trinajstić information content (AvgIpc) is 2.13. The van der Waals surface area contributed by atoms with Gasteiger partial charge < -0.3 is 0 Å². The fourth-order valence-electron chi connectivity index (χ4n) is 1.30. The van der Waals surface area contributed by atoms with E-state index >= 15 is 0 Å². The van der Waals surface area contributed by atoms with E-state index in [2.05, 4.69) is 44.8 Å². The Bertz CT molecular complexity index is 242. The Labute approximate surface area is 82.3 Å². The maximum Gasteiger partial charge on any atom is 0.0737 e. The Kier molecular flexibility index (Phi) is 4.68. The van der Waals surface area contributed by atoms with Crippen LogP contribution in [0, 0.1) is 0 Å². The van der Waals surface area contributed by atoms with Gasteiger partial charge in [0.2, 0.25) is 0 Å². The van der Waals surface area contributed by atoms with Crippen molar-refractivity contribution in [3.63, 3.8) is 0 Å². The molecule has 0 radical (unpaired) electrons. The molecule has 0 bridgehead atoms. The molecule has 0 saturated carbocycles. The molecule has 13 heavy (non-hydrogen) atoms. The van der Waals surface area contributed by atoms with Crippen molar-refractivity contribution in [3.8, 4) is 0 Å². The van der Waals surface area contributed by atoms with E-state index in [1.165, 1.54) is 11.1 Å². The zero-order valence-corrected chi connectivity index (χ0v) is 9.68. The molecule has 1 heterocycles. The van der Waals surface area contributed by atoms with Gasteiger partial charge in [0.1, 0.15) is 0 Å². The van der Waals surface area contributed by atoms with Crippen molar-refractivity contribution in [3.05, 3.63) is 23.3 Å². The summed E-state index contributed by atoms with van der Waals surface area (Å²) in [5.74, 6) is 0. The van der Waals surface area contributed by atoms with Crippen LogP contribution in [-0.2, 0) is 0 Å². The summed E-state index contributed by atoms with van der Waals surface area (Å²) in [6, 6.07) is 0. The molecule has 74 valence electrons. The van der Waals surface area contributed by atoms with E-state index in [-0.39, 0.29) is 5.54 Å². The van der Waals surface area contributed by atoms with Gasteiger partial charge in [0.25, 0.3) is 0 Å². The Morgan fingerprint density at radius 2 is 1.62 bits per heavy atom. The van der Waals surface area contributed by atoms with Crippen LogP contribution in [0.3, 0.4) is 0 Å². The van der Waals surface area contributed by atoms with E-state index in [9.17, 15) is 0 Å². The van der Waals surface area contributed by atoms with E-state index in [1.54, 1.807) is 0 Å². The first-order valence-corrected chi connectivity index (χ1v) is 4.93. The van der Waals surface area contributed by atoms with Crippen molar-refractivity contribution in [2.75, 3.05) is 0 Å². The molecule has 0 aromatic carbocycles. The third-order valence-electron chi connectivity index (χ3n) is 1.64. The zero-order valence-electron chi connectivity index (χ0n) is 9.68. The minimum atomic E-state index is -0.0294. The number of allylic oxidation sites excluding steroid dienone is 3. The highest BCUT2D eigenvalue weighted by molar-refractivity contribution is 5.79. The standard InChI is InChI=1S/C10H15N.C2H6/c1-8-5-9(2)7-11-10(3,4)6-8;1-2/h5-7H,1-4H3;1-2H3. The molecule has 0 aliphatic carbocycles. The van der Waals surface area contributed by atoms with Crippen LogP contribution in [0.4, 0.5) is 0 Å². The molecular weight excluding hydrogens is 158 g/mol. The van der Waals surface area contributed by atoms with Crippen LogP contribution in [0.2, 0.25) is 0 Å². The number of nitrogens with zero attached hydrogens (tertiary/aromatic N) is 1. The van der Waals surface area contributed by atoms with Crippen molar-refractivity contribution in [1.82, 2.24) is 0 Å². The summed E-state index contributed by atoms with van der Waals surface area (Å²) in [5, 5.41) is 0. The average molecular weight is 179 g/mol. The van der Waals surface area contributed by atoms with Crippen molar-refractivity contribution in [2.24, 2.45) is 4.99 Å². The highest BCUT2D eigenvalue weighted by atomic mass is 14.8. The molecular formula is C12H21N. The predicted octanol–water partition coefficient (Wildman–Crippen LogP) is 3.77. The van der Waals surface area contributed by atoms with Gasteiger partial charge in [-0.25, -0.2) is 0 Å². The summed E-state index contributed by atoms with van der Waals surface area (Å²) < 4.78 is 0. The van der Waals surface area contributed by atoms with Gasteiger partial charge in [-0.2, -0.15) is 0 Å². The molecule has 0 spiro atoms. The van der Waals surface area contributed by atoms with Crippen molar-refractivity contribution in [1.29, 1.82) is 0 Å². The first-order chi connectivity index (χ1) is 5.99. The largest absolute Gasteiger partial charge is 0.283 e. The van der Waals surface area contributed by atoms with Gasteiger partial charge in [0.15, 0.2) is 0 Å². The lowest BCUT2D eigenvalue weighted by Gasteiger charge is -2.13. The SMILES string of the molecule is CC.CC1=CC(C)=CC(C)(C)N=C1. The molecule has 0 amide bonds. The molecule has 0 atom stereocenters. The van der Waals surface area contributed by atoms with Crippen LogP contribution in [0.5, 0.6) is 0 Å². The van der Waals surface area contributed by atoms with E-state index in [1.807, 2.05) is 20.1 Å².